The first-order valence-electron chi connectivity index (χ1n) is 12.8. The molecule has 0 radical (unpaired) electrons. The van der Waals surface area contributed by atoms with Crippen molar-refractivity contribution >= 4 is 43.8 Å². The van der Waals surface area contributed by atoms with Gasteiger partial charge in [-0.2, -0.15) is 5.10 Å². The van der Waals surface area contributed by atoms with Gasteiger partial charge in [-0.1, -0.05) is 54.1 Å². The highest BCUT2D eigenvalue weighted by Gasteiger charge is 2.27. The zero-order valence-electron chi connectivity index (χ0n) is 23.3. The molecule has 4 aromatic carbocycles. The quantitative estimate of drug-likeness (QED) is 0.156. The van der Waals surface area contributed by atoms with Crippen molar-refractivity contribution in [1.29, 1.82) is 0 Å². The van der Waals surface area contributed by atoms with E-state index in [-0.39, 0.29) is 10.6 Å². The summed E-state index contributed by atoms with van der Waals surface area (Å²) in [7, 11) is -1.06. The van der Waals surface area contributed by atoms with Crippen LogP contribution in [0, 0.1) is 6.92 Å². The van der Waals surface area contributed by atoms with E-state index in [0.29, 0.717) is 33.9 Å². The minimum absolute atomic E-state index is 0.0470. The van der Waals surface area contributed by atoms with Crippen LogP contribution in [0.15, 0.2) is 105 Å². The summed E-state index contributed by atoms with van der Waals surface area (Å²) in [5.74, 6) is 0.810. The molecule has 4 rings (SSSR count). The number of halogens is 1. The van der Waals surface area contributed by atoms with Gasteiger partial charge in [0.15, 0.2) is 11.5 Å². The second kappa shape index (κ2) is 14.0. The highest BCUT2D eigenvalue weighted by Crippen LogP contribution is 2.37. The number of methoxy groups -OCH3 is 2. The molecule has 0 aliphatic heterocycles. The Hall–Kier alpha value is -4.35. The Kier molecular flexibility index (Phi) is 10.2. The molecule has 0 unspecified atom stereocenters. The van der Waals surface area contributed by atoms with E-state index in [9.17, 15) is 13.2 Å². The number of nitrogens with zero attached hydrogens (tertiary/aromatic N) is 2. The van der Waals surface area contributed by atoms with E-state index in [1.807, 2.05) is 31.2 Å². The van der Waals surface area contributed by atoms with E-state index in [1.54, 1.807) is 54.6 Å². The summed E-state index contributed by atoms with van der Waals surface area (Å²) in [4.78, 5) is 13.0. The second-order valence-electron chi connectivity index (χ2n) is 9.13. The smallest absolute Gasteiger partial charge is 0.264 e. The highest BCUT2D eigenvalue weighted by molar-refractivity contribution is 9.10. The van der Waals surface area contributed by atoms with Crippen LogP contribution >= 0.6 is 15.9 Å². The lowest BCUT2D eigenvalue weighted by Crippen LogP contribution is -2.39. The van der Waals surface area contributed by atoms with Gasteiger partial charge in [-0.25, -0.2) is 13.8 Å². The largest absolute Gasteiger partial charge is 0.497 e. The van der Waals surface area contributed by atoms with Crippen molar-refractivity contribution in [1.82, 2.24) is 5.43 Å². The van der Waals surface area contributed by atoms with Crippen LogP contribution in [0.5, 0.6) is 17.2 Å². The molecule has 9 nitrogen and oxygen atoms in total. The van der Waals surface area contributed by atoms with Crippen LogP contribution in [0.4, 0.5) is 5.69 Å². The highest BCUT2D eigenvalue weighted by atomic mass is 79.9. The van der Waals surface area contributed by atoms with Crippen LogP contribution in [0.25, 0.3) is 0 Å². The number of rotatable bonds is 12. The maximum absolute atomic E-state index is 13.5. The molecule has 0 aliphatic rings. The Morgan fingerprint density at radius 3 is 2.38 bits per heavy atom. The van der Waals surface area contributed by atoms with Gasteiger partial charge in [0.25, 0.3) is 15.9 Å². The lowest BCUT2D eigenvalue weighted by atomic mass is 10.2. The summed E-state index contributed by atoms with van der Waals surface area (Å²) in [5, 5.41) is 4.04. The van der Waals surface area contributed by atoms with Gasteiger partial charge in [-0.05, 0) is 70.4 Å². The third-order valence-corrected chi connectivity index (χ3v) is 8.50. The van der Waals surface area contributed by atoms with Crippen molar-refractivity contribution in [2.45, 2.75) is 18.4 Å². The van der Waals surface area contributed by atoms with E-state index >= 15 is 0 Å². The number of anilines is 1. The summed E-state index contributed by atoms with van der Waals surface area (Å²) in [6.45, 7) is 1.87. The van der Waals surface area contributed by atoms with Crippen molar-refractivity contribution in [2.24, 2.45) is 5.10 Å². The fraction of sp³-hybridized carbons (Fsp3) is 0.161. The second-order valence-corrected chi connectivity index (χ2v) is 11.8. The predicted molar refractivity (Wildman–Crippen MR) is 166 cm³/mol. The number of sulfonamides is 1. The third kappa shape index (κ3) is 7.68. The third-order valence-electron chi connectivity index (χ3n) is 6.12. The Balaban J connectivity index is 1.49. The van der Waals surface area contributed by atoms with E-state index in [1.165, 1.54) is 38.1 Å². The van der Waals surface area contributed by atoms with Crippen LogP contribution in [-0.4, -0.2) is 41.3 Å². The number of hydrogen-bond donors (Lipinski definition) is 1. The zero-order chi connectivity index (χ0) is 30.1. The van der Waals surface area contributed by atoms with Crippen LogP contribution in [-0.2, 0) is 21.4 Å². The maximum atomic E-state index is 13.5. The summed E-state index contributed by atoms with van der Waals surface area (Å²) in [5.41, 5.74) is 5.48. The minimum atomic E-state index is -4.07. The van der Waals surface area contributed by atoms with E-state index < -0.39 is 22.5 Å². The number of amides is 1. The molecule has 0 spiro atoms. The molecule has 1 N–H and O–H groups in total. The van der Waals surface area contributed by atoms with E-state index in [2.05, 4.69) is 26.5 Å². The normalized spacial score (nSPS) is 11.2. The number of carbonyl (C=O) groups excluding carboxylic acids is 1. The molecule has 0 saturated heterocycles. The van der Waals surface area contributed by atoms with Crippen molar-refractivity contribution in [3.8, 4) is 17.2 Å². The zero-order valence-corrected chi connectivity index (χ0v) is 25.7. The SMILES string of the molecule is COc1cccc(N(CC(=O)N/N=C\c2cc(Br)c(OCc3ccc(C)cc3)c(OC)c2)S(=O)(=O)c2ccccc2)c1. The Morgan fingerprint density at radius 2 is 1.69 bits per heavy atom. The molecule has 1 amide bonds. The molecule has 0 fully saturated rings. The summed E-state index contributed by atoms with van der Waals surface area (Å²) in [6.07, 6.45) is 1.43. The first-order chi connectivity index (χ1) is 20.2. The average Bonchev–Trinajstić information content (AvgIpc) is 3.00. The Labute approximate surface area is 253 Å². The van der Waals surface area contributed by atoms with Gasteiger partial charge < -0.3 is 14.2 Å². The van der Waals surface area contributed by atoms with E-state index in [4.69, 9.17) is 14.2 Å². The van der Waals surface area contributed by atoms with Gasteiger partial charge in [-0.15, -0.1) is 0 Å². The van der Waals surface area contributed by atoms with Crippen LogP contribution in [0.2, 0.25) is 0 Å². The molecule has 4 aromatic rings. The van der Waals surface area contributed by atoms with Gasteiger partial charge in [0.2, 0.25) is 0 Å². The van der Waals surface area contributed by atoms with Crippen molar-refractivity contribution in [3.63, 3.8) is 0 Å². The molecule has 0 atom stereocenters. The summed E-state index contributed by atoms with van der Waals surface area (Å²) in [6, 6.07) is 25.9. The van der Waals surface area contributed by atoms with Crippen molar-refractivity contribution in [2.75, 3.05) is 25.1 Å². The molecule has 218 valence electrons. The lowest BCUT2D eigenvalue weighted by molar-refractivity contribution is -0.119. The van der Waals surface area contributed by atoms with Gasteiger partial charge in [0.05, 0.1) is 35.5 Å². The Bertz CT molecular complexity index is 1660. The summed E-state index contributed by atoms with van der Waals surface area (Å²) < 4.78 is 45.4. The molecule has 0 aromatic heterocycles. The topological polar surface area (TPSA) is 107 Å². The fourth-order valence-corrected chi connectivity index (χ4v) is 5.95. The Morgan fingerprint density at radius 1 is 0.952 bits per heavy atom. The minimum Gasteiger partial charge on any atom is -0.497 e. The number of hydrazone groups is 1. The standard InChI is InChI=1S/C31H30BrN3O6S/c1-22-12-14-23(15-13-22)21-41-31-28(32)16-24(17-29(31)40-3)19-33-34-30(36)20-35(25-8-7-9-26(18-25)39-2)42(37,38)27-10-5-4-6-11-27/h4-19H,20-21H2,1-3H3,(H,34,36)/b33-19-. The number of nitrogens with one attached hydrogen (secondary N) is 1. The fourth-order valence-electron chi connectivity index (χ4n) is 3.94. The van der Waals surface area contributed by atoms with Crippen molar-refractivity contribution < 1.29 is 27.4 Å². The van der Waals surface area contributed by atoms with Crippen LogP contribution in [0.3, 0.4) is 0 Å². The number of benzene rings is 4. The molecule has 0 heterocycles. The van der Waals surface area contributed by atoms with Crippen LogP contribution < -0.4 is 23.9 Å². The molecule has 0 bridgehead atoms. The maximum Gasteiger partial charge on any atom is 0.264 e. The van der Waals surface area contributed by atoms with Gasteiger partial charge in [0.1, 0.15) is 18.9 Å². The van der Waals surface area contributed by atoms with Gasteiger partial charge in [-0.3, -0.25) is 9.10 Å². The number of ether oxygens (including phenoxy) is 3. The molecular formula is C31H30BrN3O6S. The number of carbonyl (C=O) groups is 1. The molecule has 0 saturated carbocycles. The first-order valence-corrected chi connectivity index (χ1v) is 15.0. The van der Waals surface area contributed by atoms with Gasteiger partial charge in [0, 0.05) is 6.07 Å². The van der Waals surface area contributed by atoms with E-state index in [0.717, 1.165) is 9.87 Å². The number of hydrogen-bond acceptors (Lipinski definition) is 7. The molecule has 42 heavy (non-hydrogen) atoms. The van der Waals surface area contributed by atoms with Gasteiger partial charge >= 0.3 is 0 Å². The van der Waals surface area contributed by atoms with Crippen molar-refractivity contribution in [3.05, 3.63) is 112 Å². The molecule has 11 heteroatoms. The predicted octanol–water partition coefficient (Wildman–Crippen LogP) is 5.70. The van der Waals surface area contributed by atoms with Crippen LogP contribution in [0.1, 0.15) is 16.7 Å². The molecular weight excluding hydrogens is 622 g/mol. The average molecular weight is 653 g/mol. The molecule has 0 aliphatic carbocycles. The number of aryl methyl sites for hydroxylation is 1. The monoisotopic (exact) mass is 651 g/mol. The summed E-state index contributed by atoms with van der Waals surface area (Å²) >= 11 is 3.52. The lowest BCUT2D eigenvalue weighted by Gasteiger charge is -2.24. The first kappa shape index (κ1) is 30.6.